The van der Waals surface area contributed by atoms with Crippen molar-refractivity contribution in [2.75, 3.05) is 112 Å². The number of Topliss-reactive ketones (excluding diaryl/α,β-unsaturated/α-hetero) is 1. The summed E-state index contributed by atoms with van der Waals surface area (Å²) in [4.78, 5) is 111. The first-order valence-electron chi connectivity index (χ1n) is 35.4. The third-order valence-electron chi connectivity index (χ3n) is 16.4. The van der Waals surface area contributed by atoms with Gasteiger partial charge in [-0.3, -0.25) is 43.2 Å². The second-order valence-corrected chi connectivity index (χ2v) is 26.8. The number of carbonyl (C=O) groups is 9. The van der Waals surface area contributed by atoms with Crippen LogP contribution in [0.25, 0.3) is 0 Å². The molecule has 18 N–H and O–H groups in total. The highest BCUT2D eigenvalue weighted by Gasteiger charge is 2.48. The number of amides is 8. The number of aliphatic hydroxyl groups excluding tert-OH is 9. The molecular formula is C66H119N9O27. The molecule has 3 aliphatic rings. The Bertz CT molecular complexity index is 2230. The fourth-order valence-electron chi connectivity index (χ4n) is 11.3. The van der Waals surface area contributed by atoms with Gasteiger partial charge in [0.1, 0.15) is 78.8 Å². The minimum absolute atomic E-state index is 0.00239. The van der Waals surface area contributed by atoms with Crippen LogP contribution in [0.5, 0.6) is 0 Å². The fraction of sp³-hybridized carbons (Fsp3) is 0.864. The number of nitrogens with one attached hydrogen (secondary N) is 9. The van der Waals surface area contributed by atoms with Gasteiger partial charge in [0.05, 0.1) is 65.0 Å². The highest BCUT2D eigenvalue weighted by molar-refractivity contribution is 5.79. The first kappa shape index (κ1) is 90.9. The zero-order valence-electron chi connectivity index (χ0n) is 60.1. The summed E-state index contributed by atoms with van der Waals surface area (Å²) in [5.41, 5.74) is -1.59. The average Bonchev–Trinajstić information content (AvgIpc) is 0.829. The maximum Gasteiger partial charge on any atom is 0.222 e. The van der Waals surface area contributed by atoms with Crippen LogP contribution < -0.4 is 47.9 Å². The van der Waals surface area contributed by atoms with Crippen LogP contribution in [0.3, 0.4) is 0 Å². The summed E-state index contributed by atoms with van der Waals surface area (Å²) >= 11 is 0. The molecule has 3 aliphatic heterocycles. The molecule has 0 saturated carbocycles. The molecule has 3 rings (SSSR count). The van der Waals surface area contributed by atoms with Crippen molar-refractivity contribution in [3.8, 4) is 0 Å². The molecule has 3 heterocycles. The summed E-state index contributed by atoms with van der Waals surface area (Å²) < 4.78 is 52.1. The van der Waals surface area contributed by atoms with Gasteiger partial charge in [0, 0.05) is 124 Å². The van der Waals surface area contributed by atoms with Gasteiger partial charge in [0.2, 0.25) is 47.3 Å². The maximum atomic E-state index is 12.9. The molecule has 0 bridgehead atoms. The van der Waals surface area contributed by atoms with Crippen molar-refractivity contribution >= 4 is 53.0 Å². The van der Waals surface area contributed by atoms with E-state index in [1.54, 1.807) is 0 Å². The molecule has 3 fully saturated rings. The van der Waals surface area contributed by atoms with Crippen LogP contribution in [0, 0.1) is 0 Å². The number of hydrogen-bond donors (Lipinski definition) is 18. The molecule has 590 valence electrons. The Morgan fingerprint density at radius 2 is 0.627 bits per heavy atom. The van der Waals surface area contributed by atoms with E-state index in [-0.39, 0.29) is 159 Å². The van der Waals surface area contributed by atoms with E-state index in [4.69, 9.17) is 42.6 Å². The lowest BCUT2D eigenvalue weighted by Crippen LogP contribution is -2.64. The SMILES string of the molecule is CC(=O)NC1[C@H](OCCCCC(=O)CCCCNC(=O)CCOCC(COCCC(=O)NCCCNC(=O)CCCCO[C@@H]2OC(CO)[C@@H](O)[C@H](O)C2NC(C)=O)(COCCC(=O)NCCCNC(=O)CCCCO[C@@H]2OC(CO)[C@@H](O)[C@H](O)C2NC(C)=O)NC(C)(C)C)OC(CO)[C@@H](O)[C@@H]1O. The predicted octanol–water partition coefficient (Wildman–Crippen LogP) is -5.17. The summed E-state index contributed by atoms with van der Waals surface area (Å²) in [6.45, 7) is 9.51. The molecule has 0 radical (unpaired) electrons. The number of unbranched alkanes of at least 4 members (excludes halogenated alkanes) is 4. The Kier molecular flexibility index (Phi) is 44.7. The van der Waals surface area contributed by atoms with E-state index in [9.17, 15) is 89.1 Å². The molecule has 0 aromatic heterocycles. The third kappa shape index (κ3) is 36.6. The summed E-state index contributed by atoms with van der Waals surface area (Å²) in [5.74, 6) is -2.72. The summed E-state index contributed by atoms with van der Waals surface area (Å²) in [6.07, 6.45) is -9.84. The van der Waals surface area contributed by atoms with E-state index in [1.807, 2.05) is 20.8 Å². The first-order valence-corrected chi connectivity index (χ1v) is 35.4. The molecule has 0 spiro atoms. The van der Waals surface area contributed by atoms with E-state index in [1.165, 1.54) is 20.8 Å². The molecule has 36 nitrogen and oxygen atoms in total. The van der Waals surface area contributed by atoms with Crippen molar-refractivity contribution in [2.45, 2.75) is 254 Å². The Labute approximate surface area is 596 Å². The maximum absolute atomic E-state index is 12.9. The van der Waals surface area contributed by atoms with Crippen LogP contribution in [0.4, 0.5) is 0 Å². The third-order valence-corrected chi connectivity index (χ3v) is 16.4. The Hall–Kier alpha value is -5.33. The summed E-state index contributed by atoms with van der Waals surface area (Å²) in [5, 5.41) is 116. The second-order valence-electron chi connectivity index (χ2n) is 26.8. The Morgan fingerprint density at radius 3 is 0.912 bits per heavy atom. The summed E-state index contributed by atoms with van der Waals surface area (Å²) in [6, 6.07) is -3.21. The van der Waals surface area contributed by atoms with E-state index < -0.39 is 141 Å². The van der Waals surface area contributed by atoms with Crippen molar-refractivity contribution in [2.24, 2.45) is 0 Å². The lowest BCUT2D eigenvalue weighted by molar-refractivity contribution is -0.270. The lowest BCUT2D eigenvalue weighted by atomic mass is 9.97. The molecule has 0 aromatic carbocycles. The van der Waals surface area contributed by atoms with Crippen molar-refractivity contribution < 1.29 is 132 Å². The molecule has 3 saturated heterocycles. The van der Waals surface area contributed by atoms with Gasteiger partial charge in [-0.1, -0.05) is 0 Å². The van der Waals surface area contributed by atoms with Crippen LogP contribution in [0.1, 0.15) is 151 Å². The van der Waals surface area contributed by atoms with Gasteiger partial charge >= 0.3 is 0 Å². The largest absolute Gasteiger partial charge is 0.394 e. The van der Waals surface area contributed by atoms with E-state index >= 15 is 0 Å². The molecule has 8 amide bonds. The van der Waals surface area contributed by atoms with Crippen molar-refractivity contribution in [3.05, 3.63) is 0 Å². The van der Waals surface area contributed by atoms with Crippen molar-refractivity contribution in [1.29, 1.82) is 0 Å². The molecule has 0 aliphatic carbocycles. The molecule has 6 unspecified atom stereocenters. The topological polar surface area (TPSA) is 527 Å². The van der Waals surface area contributed by atoms with Crippen molar-refractivity contribution in [3.63, 3.8) is 0 Å². The smallest absolute Gasteiger partial charge is 0.222 e. The first-order chi connectivity index (χ1) is 48.5. The number of rotatable bonds is 53. The molecule has 36 heteroatoms. The van der Waals surface area contributed by atoms with Gasteiger partial charge in [-0.15, -0.1) is 0 Å². The second kappa shape index (κ2) is 50.2. The molecular weight excluding hydrogens is 1350 g/mol. The van der Waals surface area contributed by atoms with Crippen LogP contribution in [0.15, 0.2) is 0 Å². The Morgan fingerprint density at radius 1 is 0.353 bits per heavy atom. The number of ketones is 1. The van der Waals surface area contributed by atoms with Gasteiger partial charge in [0.15, 0.2) is 18.9 Å². The van der Waals surface area contributed by atoms with Gasteiger partial charge in [0.25, 0.3) is 0 Å². The van der Waals surface area contributed by atoms with Crippen molar-refractivity contribution in [1.82, 2.24) is 47.9 Å². The highest BCUT2D eigenvalue weighted by atomic mass is 16.7. The van der Waals surface area contributed by atoms with E-state index in [2.05, 4.69) is 47.9 Å². The number of carbonyl (C=O) groups excluding carboxylic acids is 9. The minimum atomic E-state index is -1.44. The fourth-order valence-corrected chi connectivity index (χ4v) is 11.3. The summed E-state index contributed by atoms with van der Waals surface area (Å²) in [7, 11) is 0. The van der Waals surface area contributed by atoms with Gasteiger partial charge < -0.3 is 136 Å². The quantitative estimate of drug-likeness (QED) is 0.0253. The molecule has 0 aromatic rings. The van der Waals surface area contributed by atoms with Crippen LogP contribution in [-0.2, 0) is 85.8 Å². The van der Waals surface area contributed by atoms with Gasteiger partial charge in [-0.05, 0) is 85.0 Å². The standard InChI is InChI=1S/C66H119N9O27/c1-41(79)72-53-59(91)56(88)45(35-76)100-62(53)97-29-12-8-18-44(82)17-7-11-24-67-50(85)21-32-94-38-66(75-65(4,5)6,39-95-33-22-51(86)70-27-15-25-68-48(83)19-9-13-30-98-63-54(73-42(2)80)60(92)57(89)46(36-77)101-63)40-96-34-23-52(87)71-28-16-26-69-49(84)20-10-14-31-99-64-55(74-43(3)81)61(93)58(90)47(37-78)102-64/h45-47,53-64,75-78,88-93H,7-40H2,1-6H3,(H,67,85)(H,68,83)(H,69,84)(H,70,86)(H,71,87)(H,72,79)(H,73,80)(H,74,81)/t45?,46?,47?,53?,54?,55?,56-,57-,58-,59-,60-,61-,62-,63-,64-,66?/m1/s1. The Balaban J connectivity index is 1.42. The normalized spacial score (nSPS) is 25.7. The van der Waals surface area contributed by atoms with Crippen LogP contribution in [0.2, 0.25) is 0 Å². The molecule has 15 atom stereocenters. The molecule has 102 heavy (non-hydrogen) atoms. The van der Waals surface area contributed by atoms with Gasteiger partial charge in [-0.2, -0.15) is 0 Å². The zero-order valence-corrected chi connectivity index (χ0v) is 60.1. The van der Waals surface area contributed by atoms with Crippen LogP contribution in [-0.4, -0.2) is 314 Å². The van der Waals surface area contributed by atoms with E-state index in [0.717, 1.165) is 0 Å². The lowest BCUT2D eigenvalue weighted by Gasteiger charge is -2.42. The van der Waals surface area contributed by atoms with Gasteiger partial charge in [-0.25, -0.2) is 0 Å². The number of hydrogen-bond acceptors (Lipinski definition) is 28. The average molecular weight is 1470 g/mol. The minimum Gasteiger partial charge on any atom is -0.394 e. The zero-order chi connectivity index (χ0) is 75.6. The van der Waals surface area contributed by atoms with Crippen LogP contribution >= 0.6 is 0 Å². The number of aliphatic hydroxyl groups is 9. The predicted molar refractivity (Wildman–Crippen MR) is 361 cm³/mol. The highest BCUT2D eigenvalue weighted by Crippen LogP contribution is 2.26. The van der Waals surface area contributed by atoms with E-state index in [0.29, 0.717) is 77.2 Å². The number of ether oxygens (including phenoxy) is 9. The monoisotopic (exact) mass is 1470 g/mol.